The quantitative estimate of drug-likeness (QED) is 0.400. The molecule has 0 bridgehead atoms. The van der Waals surface area contributed by atoms with Gasteiger partial charge in [-0.05, 0) is 38.3 Å². The van der Waals surface area contributed by atoms with Crippen LogP contribution in [0.25, 0.3) is 11.0 Å². The van der Waals surface area contributed by atoms with Crippen molar-refractivity contribution in [2.45, 2.75) is 38.8 Å². The molecule has 7 nitrogen and oxygen atoms in total. The molecule has 1 unspecified atom stereocenters. The molecule has 1 aromatic carbocycles. The van der Waals surface area contributed by atoms with Gasteiger partial charge in [0.1, 0.15) is 5.82 Å². The summed E-state index contributed by atoms with van der Waals surface area (Å²) in [5.41, 5.74) is 2.26. The maximum Gasteiger partial charge on any atom is 0.190 e. The maximum absolute atomic E-state index is 5.77. The molecule has 0 aliphatic carbocycles. The van der Waals surface area contributed by atoms with Gasteiger partial charge in [-0.1, -0.05) is 12.1 Å². The average molecular weight is 374 g/mol. The van der Waals surface area contributed by atoms with Gasteiger partial charge in [0, 0.05) is 39.9 Å². The number of imidazole rings is 1. The van der Waals surface area contributed by atoms with Crippen LogP contribution in [0.5, 0.6) is 0 Å². The van der Waals surface area contributed by atoms with Gasteiger partial charge < -0.3 is 24.7 Å². The van der Waals surface area contributed by atoms with Crippen molar-refractivity contribution in [1.29, 1.82) is 0 Å². The number of aryl methyl sites for hydroxylation is 2. The Kier molecular flexibility index (Phi) is 7.47. The SMILES string of the molecule is CN=C(NCCCOC1CCOC1)NCCCn1c(C)nc2ccccc21. The highest BCUT2D eigenvalue weighted by Gasteiger charge is 2.15. The number of hydrogen-bond acceptors (Lipinski definition) is 4. The molecule has 7 heteroatoms. The smallest absolute Gasteiger partial charge is 0.190 e. The third-order valence-electron chi connectivity index (χ3n) is 4.77. The standard InChI is InChI=1S/C20H31N5O2/c1-16-24-18-7-3-4-8-19(18)25(16)12-5-10-22-20(21-2)23-11-6-13-27-17-9-14-26-15-17/h3-4,7-8,17H,5-6,9-15H2,1-2H3,(H2,21,22,23). The van der Waals surface area contributed by atoms with Crippen LogP contribution < -0.4 is 10.6 Å². The molecule has 2 heterocycles. The second-order valence-corrected chi connectivity index (χ2v) is 6.79. The Morgan fingerprint density at radius 2 is 2.11 bits per heavy atom. The molecule has 2 N–H and O–H groups in total. The second kappa shape index (κ2) is 10.3. The maximum atomic E-state index is 5.77. The molecule has 1 aliphatic rings. The minimum Gasteiger partial charge on any atom is -0.379 e. The lowest BCUT2D eigenvalue weighted by molar-refractivity contribution is 0.0420. The van der Waals surface area contributed by atoms with Crippen LogP contribution in [0.3, 0.4) is 0 Å². The van der Waals surface area contributed by atoms with E-state index in [1.807, 2.05) is 6.07 Å². The van der Waals surface area contributed by atoms with Gasteiger partial charge in [0.2, 0.25) is 0 Å². The van der Waals surface area contributed by atoms with Crippen LogP contribution in [0.1, 0.15) is 25.1 Å². The monoisotopic (exact) mass is 373 g/mol. The summed E-state index contributed by atoms with van der Waals surface area (Å²) in [6.45, 7) is 7.03. The molecule has 0 radical (unpaired) electrons. The third kappa shape index (κ3) is 5.68. The summed E-state index contributed by atoms with van der Waals surface area (Å²) in [7, 11) is 1.80. The molecule has 3 rings (SSSR count). The predicted octanol–water partition coefficient (Wildman–Crippen LogP) is 2.10. The van der Waals surface area contributed by atoms with Gasteiger partial charge in [-0.25, -0.2) is 4.98 Å². The molecule has 1 atom stereocenters. The fourth-order valence-corrected chi connectivity index (χ4v) is 3.32. The second-order valence-electron chi connectivity index (χ2n) is 6.79. The molecular formula is C20H31N5O2. The van der Waals surface area contributed by atoms with Crippen molar-refractivity contribution in [1.82, 2.24) is 20.2 Å². The van der Waals surface area contributed by atoms with Crippen LogP contribution in [-0.4, -0.2) is 61.6 Å². The Labute approximate surface area is 161 Å². The van der Waals surface area contributed by atoms with E-state index >= 15 is 0 Å². The first-order valence-electron chi connectivity index (χ1n) is 9.83. The fraction of sp³-hybridized carbons (Fsp3) is 0.600. The normalized spacial score (nSPS) is 17.6. The van der Waals surface area contributed by atoms with Crippen molar-refractivity contribution < 1.29 is 9.47 Å². The van der Waals surface area contributed by atoms with Crippen LogP contribution in [0.4, 0.5) is 0 Å². The number of para-hydroxylation sites is 2. The average Bonchev–Trinajstić information content (AvgIpc) is 3.30. The largest absolute Gasteiger partial charge is 0.379 e. The molecule has 1 saturated heterocycles. The summed E-state index contributed by atoms with van der Waals surface area (Å²) in [5.74, 6) is 1.90. The highest BCUT2D eigenvalue weighted by Crippen LogP contribution is 2.15. The number of hydrogen-bond donors (Lipinski definition) is 2. The van der Waals surface area contributed by atoms with Gasteiger partial charge in [-0.2, -0.15) is 0 Å². The third-order valence-corrected chi connectivity index (χ3v) is 4.77. The van der Waals surface area contributed by atoms with Crippen molar-refractivity contribution >= 4 is 17.0 Å². The van der Waals surface area contributed by atoms with E-state index in [0.29, 0.717) is 0 Å². The van der Waals surface area contributed by atoms with Crippen LogP contribution in [0.2, 0.25) is 0 Å². The van der Waals surface area contributed by atoms with Crippen molar-refractivity contribution in [2.75, 3.05) is 40.0 Å². The molecule has 1 fully saturated rings. The molecule has 0 saturated carbocycles. The molecule has 148 valence electrons. The van der Waals surface area contributed by atoms with Gasteiger partial charge in [0.15, 0.2) is 5.96 Å². The lowest BCUT2D eigenvalue weighted by Gasteiger charge is -2.13. The van der Waals surface area contributed by atoms with Crippen molar-refractivity contribution in [2.24, 2.45) is 4.99 Å². The number of aromatic nitrogens is 2. The van der Waals surface area contributed by atoms with E-state index in [9.17, 15) is 0 Å². The Bertz CT molecular complexity index is 737. The van der Waals surface area contributed by atoms with E-state index in [0.717, 1.165) is 76.0 Å². The Morgan fingerprint density at radius 3 is 2.89 bits per heavy atom. The van der Waals surface area contributed by atoms with Gasteiger partial charge in [0.25, 0.3) is 0 Å². The van der Waals surface area contributed by atoms with Gasteiger partial charge >= 0.3 is 0 Å². The van der Waals surface area contributed by atoms with Crippen LogP contribution in [-0.2, 0) is 16.0 Å². The number of fused-ring (bicyclic) bond motifs is 1. The summed E-state index contributed by atoms with van der Waals surface area (Å²) in [4.78, 5) is 8.90. The number of aliphatic imine (C=N–C) groups is 1. The summed E-state index contributed by atoms with van der Waals surface area (Å²) in [6.07, 6.45) is 3.26. The van der Waals surface area contributed by atoms with E-state index in [-0.39, 0.29) is 6.10 Å². The van der Waals surface area contributed by atoms with E-state index < -0.39 is 0 Å². The molecule has 27 heavy (non-hydrogen) atoms. The predicted molar refractivity (Wildman–Crippen MR) is 108 cm³/mol. The van der Waals surface area contributed by atoms with Crippen LogP contribution in [0.15, 0.2) is 29.3 Å². The Hall–Kier alpha value is -2.12. The molecule has 0 amide bonds. The highest BCUT2D eigenvalue weighted by molar-refractivity contribution is 5.79. The molecule has 1 aliphatic heterocycles. The summed E-state index contributed by atoms with van der Waals surface area (Å²) >= 11 is 0. The van der Waals surface area contributed by atoms with Crippen molar-refractivity contribution in [3.8, 4) is 0 Å². The number of nitrogens with zero attached hydrogens (tertiary/aromatic N) is 3. The van der Waals surface area contributed by atoms with Gasteiger partial charge in [-0.15, -0.1) is 0 Å². The van der Waals surface area contributed by atoms with E-state index in [1.54, 1.807) is 7.05 Å². The van der Waals surface area contributed by atoms with E-state index in [2.05, 4.69) is 50.3 Å². The minimum absolute atomic E-state index is 0.283. The van der Waals surface area contributed by atoms with Crippen LogP contribution in [0, 0.1) is 6.92 Å². The number of benzene rings is 1. The molecular weight excluding hydrogens is 342 g/mol. The topological polar surface area (TPSA) is 72.7 Å². The minimum atomic E-state index is 0.283. The number of ether oxygens (including phenoxy) is 2. The Morgan fingerprint density at radius 1 is 1.30 bits per heavy atom. The molecule has 2 aromatic rings. The Balaban J connectivity index is 1.31. The van der Waals surface area contributed by atoms with Crippen LogP contribution >= 0.6 is 0 Å². The lowest BCUT2D eigenvalue weighted by atomic mass is 10.3. The van der Waals surface area contributed by atoms with Gasteiger partial charge in [-0.3, -0.25) is 4.99 Å². The molecule has 1 aromatic heterocycles. The lowest BCUT2D eigenvalue weighted by Crippen LogP contribution is -2.38. The number of nitrogens with one attached hydrogen (secondary N) is 2. The summed E-state index contributed by atoms with van der Waals surface area (Å²) < 4.78 is 13.4. The van der Waals surface area contributed by atoms with Crippen molar-refractivity contribution in [3.05, 3.63) is 30.1 Å². The first-order valence-corrected chi connectivity index (χ1v) is 9.83. The van der Waals surface area contributed by atoms with Crippen molar-refractivity contribution in [3.63, 3.8) is 0 Å². The zero-order chi connectivity index (χ0) is 18.9. The first kappa shape index (κ1) is 19.6. The number of guanidine groups is 1. The van der Waals surface area contributed by atoms with E-state index in [1.165, 1.54) is 5.52 Å². The summed E-state index contributed by atoms with van der Waals surface area (Å²) in [5, 5.41) is 6.71. The van der Waals surface area contributed by atoms with E-state index in [4.69, 9.17) is 9.47 Å². The molecule has 0 spiro atoms. The zero-order valence-corrected chi connectivity index (χ0v) is 16.4. The summed E-state index contributed by atoms with van der Waals surface area (Å²) in [6, 6.07) is 8.28. The van der Waals surface area contributed by atoms with Gasteiger partial charge in [0.05, 0.1) is 23.7 Å². The number of rotatable bonds is 9. The highest BCUT2D eigenvalue weighted by atomic mass is 16.5. The fourth-order valence-electron chi connectivity index (χ4n) is 3.32. The zero-order valence-electron chi connectivity index (χ0n) is 16.4. The first-order chi connectivity index (χ1) is 13.3.